The lowest BCUT2D eigenvalue weighted by Crippen LogP contribution is -2.34. The Balaban J connectivity index is 2.26. The van der Waals surface area contributed by atoms with Crippen molar-refractivity contribution in [2.75, 3.05) is 14.2 Å². The molecule has 2 rings (SSSR count). The van der Waals surface area contributed by atoms with E-state index in [1.165, 1.54) is 19.1 Å². The molecule has 116 valence electrons. The van der Waals surface area contributed by atoms with Gasteiger partial charge in [-0.3, -0.25) is 14.5 Å². The summed E-state index contributed by atoms with van der Waals surface area (Å²) in [7, 11) is 2.51. The first-order valence-electron chi connectivity index (χ1n) is 6.78. The number of hydrogen-bond acceptors (Lipinski definition) is 5. The topological polar surface area (TPSA) is 72.9 Å². The Bertz CT molecular complexity index is 623. The lowest BCUT2D eigenvalue weighted by molar-refractivity contribution is -0.143. The van der Waals surface area contributed by atoms with Crippen molar-refractivity contribution in [1.29, 1.82) is 0 Å². The van der Waals surface area contributed by atoms with Crippen LogP contribution in [-0.4, -0.2) is 37.0 Å². The molecule has 1 aromatic rings. The molecule has 0 radical (unpaired) electrons. The largest absolute Gasteiger partial charge is 0.469 e. The number of carbonyl (C=O) groups is 3. The summed E-state index contributed by atoms with van der Waals surface area (Å²) in [4.78, 5) is 36.5. The molecule has 0 saturated heterocycles. The van der Waals surface area contributed by atoms with Crippen LogP contribution in [0.15, 0.2) is 30.5 Å². The van der Waals surface area contributed by atoms with Gasteiger partial charge in [0.1, 0.15) is 12.2 Å². The molecule has 1 aromatic carbocycles. The zero-order valence-electron chi connectivity index (χ0n) is 12.4. The maximum absolute atomic E-state index is 12.0. The Labute approximate surface area is 128 Å². The van der Waals surface area contributed by atoms with Gasteiger partial charge in [-0.2, -0.15) is 0 Å². The second-order valence-corrected chi connectivity index (χ2v) is 4.83. The van der Waals surface area contributed by atoms with E-state index in [9.17, 15) is 14.4 Å². The minimum absolute atomic E-state index is 0.0194. The number of Topliss-reactive ketones (excluding diaryl/α,β-unsaturated/α-hetero) is 1. The fourth-order valence-electron chi connectivity index (χ4n) is 2.40. The van der Waals surface area contributed by atoms with Crippen molar-refractivity contribution in [2.45, 2.75) is 18.9 Å². The second kappa shape index (κ2) is 6.89. The monoisotopic (exact) mass is 303 g/mol. The number of esters is 1. The first-order valence-corrected chi connectivity index (χ1v) is 6.78. The summed E-state index contributed by atoms with van der Waals surface area (Å²) in [6.45, 7) is 0. The summed E-state index contributed by atoms with van der Waals surface area (Å²) in [6.07, 6.45) is 2.53. The number of hydrogen-bond donors (Lipinski definition) is 0. The minimum Gasteiger partial charge on any atom is -0.469 e. The van der Waals surface area contributed by atoms with Crippen molar-refractivity contribution < 1.29 is 23.9 Å². The Hall–Kier alpha value is -2.63. The quantitative estimate of drug-likeness (QED) is 0.630. The van der Waals surface area contributed by atoms with Gasteiger partial charge in [-0.05, 0) is 17.2 Å². The number of ether oxygens (including phenoxy) is 2. The van der Waals surface area contributed by atoms with Gasteiger partial charge in [0.05, 0.1) is 20.3 Å². The van der Waals surface area contributed by atoms with E-state index < -0.39 is 18.1 Å². The van der Waals surface area contributed by atoms with Crippen molar-refractivity contribution in [2.24, 2.45) is 0 Å². The Morgan fingerprint density at radius 3 is 2.55 bits per heavy atom. The zero-order valence-corrected chi connectivity index (χ0v) is 12.4. The lowest BCUT2D eigenvalue weighted by Gasteiger charge is -2.31. The van der Waals surface area contributed by atoms with Gasteiger partial charge in [-0.15, -0.1) is 0 Å². The molecule has 0 aromatic heterocycles. The highest BCUT2D eigenvalue weighted by atomic mass is 16.5. The van der Waals surface area contributed by atoms with Crippen LogP contribution in [0.2, 0.25) is 0 Å². The van der Waals surface area contributed by atoms with Crippen LogP contribution in [0.1, 0.15) is 30.0 Å². The molecule has 1 amide bonds. The van der Waals surface area contributed by atoms with E-state index in [0.29, 0.717) is 0 Å². The highest BCUT2D eigenvalue weighted by molar-refractivity contribution is 5.96. The number of amides is 1. The van der Waals surface area contributed by atoms with Crippen LogP contribution in [0, 0.1) is 0 Å². The number of rotatable bonds is 4. The third-order valence-electron chi connectivity index (χ3n) is 3.48. The Morgan fingerprint density at radius 1 is 1.14 bits per heavy atom. The molecule has 0 aliphatic carbocycles. The Kier molecular flexibility index (Phi) is 4.93. The molecule has 1 aliphatic heterocycles. The number of carbonyl (C=O) groups excluding carboxylic acids is 3. The van der Waals surface area contributed by atoms with Crippen LogP contribution in [-0.2, 0) is 19.1 Å². The molecule has 0 fully saturated rings. The summed E-state index contributed by atoms with van der Waals surface area (Å²) in [5, 5.41) is 0. The van der Waals surface area contributed by atoms with Gasteiger partial charge < -0.3 is 9.47 Å². The number of ketones is 1. The molecule has 0 bridgehead atoms. The van der Waals surface area contributed by atoms with Crippen LogP contribution in [0.4, 0.5) is 4.79 Å². The van der Waals surface area contributed by atoms with Crippen LogP contribution in [0.5, 0.6) is 0 Å². The predicted octanol–water partition coefficient (Wildman–Crippen LogP) is 2.30. The molecule has 6 nitrogen and oxygen atoms in total. The van der Waals surface area contributed by atoms with Crippen molar-refractivity contribution in [3.63, 3.8) is 0 Å². The molecular formula is C16H17NO5. The van der Waals surface area contributed by atoms with E-state index in [4.69, 9.17) is 4.74 Å². The second-order valence-electron chi connectivity index (χ2n) is 4.83. The van der Waals surface area contributed by atoms with Crippen LogP contribution in [0.25, 0.3) is 6.08 Å². The summed E-state index contributed by atoms with van der Waals surface area (Å²) < 4.78 is 9.25. The van der Waals surface area contributed by atoms with Gasteiger partial charge >= 0.3 is 12.1 Å². The maximum atomic E-state index is 12.0. The van der Waals surface area contributed by atoms with E-state index in [2.05, 4.69) is 4.74 Å². The van der Waals surface area contributed by atoms with Gasteiger partial charge in [-0.25, -0.2) is 4.79 Å². The fourth-order valence-corrected chi connectivity index (χ4v) is 2.40. The third kappa shape index (κ3) is 3.33. The molecule has 1 heterocycles. The van der Waals surface area contributed by atoms with Crippen LogP contribution < -0.4 is 0 Å². The molecule has 22 heavy (non-hydrogen) atoms. The van der Waals surface area contributed by atoms with Gasteiger partial charge in [0.2, 0.25) is 0 Å². The minimum atomic E-state index is -0.589. The van der Waals surface area contributed by atoms with Gasteiger partial charge in [0.25, 0.3) is 0 Å². The van der Waals surface area contributed by atoms with Crippen molar-refractivity contribution in [3.8, 4) is 0 Å². The average molecular weight is 303 g/mol. The molecule has 1 aliphatic rings. The summed E-state index contributed by atoms with van der Waals surface area (Å²) in [5.74, 6) is -0.884. The highest BCUT2D eigenvalue weighted by Crippen LogP contribution is 2.33. The third-order valence-corrected chi connectivity index (χ3v) is 3.48. The predicted molar refractivity (Wildman–Crippen MR) is 78.7 cm³/mol. The SMILES string of the molecule is COC(=O)CC(=O)CC1c2ccccc2C=CN1C(=O)OC. The van der Waals surface area contributed by atoms with E-state index in [-0.39, 0.29) is 18.6 Å². The Morgan fingerprint density at radius 2 is 1.86 bits per heavy atom. The van der Waals surface area contributed by atoms with Crippen molar-refractivity contribution in [3.05, 3.63) is 41.6 Å². The molecule has 1 unspecified atom stereocenters. The normalized spacial score (nSPS) is 15.9. The van der Waals surface area contributed by atoms with Crippen LogP contribution >= 0.6 is 0 Å². The molecule has 0 spiro atoms. The highest BCUT2D eigenvalue weighted by Gasteiger charge is 2.30. The fraction of sp³-hybridized carbons (Fsp3) is 0.312. The van der Waals surface area contributed by atoms with Gasteiger partial charge in [0, 0.05) is 12.6 Å². The van der Waals surface area contributed by atoms with Crippen LogP contribution in [0.3, 0.4) is 0 Å². The van der Waals surface area contributed by atoms with E-state index >= 15 is 0 Å². The average Bonchev–Trinajstić information content (AvgIpc) is 2.54. The molecule has 1 atom stereocenters. The molecule has 6 heteroatoms. The zero-order chi connectivity index (χ0) is 16.1. The molecule has 0 saturated carbocycles. The maximum Gasteiger partial charge on any atom is 0.414 e. The van der Waals surface area contributed by atoms with E-state index in [1.807, 2.05) is 24.3 Å². The number of nitrogens with zero attached hydrogens (tertiary/aromatic N) is 1. The van der Waals surface area contributed by atoms with Gasteiger partial charge in [0.15, 0.2) is 0 Å². The first-order chi connectivity index (χ1) is 10.6. The number of methoxy groups -OCH3 is 2. The first kappa shape index (κ1) is 15.8. The lowest BCUT2D eigenvalue weighted by atomic mass is 9.92. The van der Waals surface area contributed by atoms with E-state index in [0.717, 1.165) is 11.1 Å². The van der Waals surface area contributed by atoms with Crippen molar-refractivity contribution in [1.82, 2.24) is 4.90 Å². The van der Waals surface area contributed by atoms with Gasteiger partial charge in [-0.1, -0.05) is 24.3 Å². The molecular weight excluding hydrogens is 286 g/mol. The van der Waals surface area contributed by atoms with E-state index in [1.54, 1.807) is 12.3 Å². The van der Waals surface area contributed by atoms with Crippen molar-refractivity contribution >= 4 is 23.9 Å². The standard InChI is InChI=1S/C16H17NO5/c1-21-15(19)10-12(18)9-14-13-6-4-3-5-11(13)7-8-17(14)16(20)22-2/h3-8,14H,9-10H2,1-2H3. The number of benzene rings is 1. The molecule has 0 N–H and O–H groups in total. The summed E-state index contributed by atoms with van der Waals surface area (Å²) >= 11 is 0. The summed E-state index contributed by atoms with van der Waals surface area (Å²) in [6, 6.07) is 6.98. The number of fused-ring (bicyclic) bond motifs is 1. The smallest absolute Gasteiger partial charge is 0.414 e. The summed E-state index contributed by atoms with van der Waals surface area (Å²) in [5.41, 5.74) is 1.77.